The van der Waals surface area contributed by atoms with Crippen molar-refractivity contribution in [3.8, 4) is 0 Å². The van der Waals surface area contributed by atoms with Crippen molar-refractivity contribution in [1.82, 2.24) is 0 Å². The number of fused-ring (bicyclic) bond motifs is 1. The average Bonchev–Trinajstić information content (AvgIpc) is 2.62. The zero-order valence-electron chi connectivity index (χ0n) is 10.3. The molecule has 0 aromatic carbocycles. The first-order valence-corrected chi connectivity index (χ1v) is 6.22. The molecule has 2 saturated carbocycles. The van der Waals surface area contributed by atoms with Gasteiger partial charge in [0.25, 0.3) is 0 Å². The highest BCUT2D eigenvalue weighted by Gasteiger charge is 2.62. The molecule has 0 unspecified atom stereocenters. The van der Waals surface area contributed by atoms with Crippen LogP contribution >= 0.6 is 0 Å². The lowest BCUT2D eigenvalue weighted by Crippen LogP contribution is -2.47. The minimum Gasteiger partial charge on any atom is -0.468 e. The summed E-state index contributed by atoms with van der Waals surface area (Å²) in [6.45, 7) is 1.94. The van der Waals surface area contributed by atoms with E-state index in [1.165, 1.54) is 7.11 Å². The lowest BCUT2D eigenvalue weighted by molar-refractivity contribution is -0.163. The van der Waals surface area contributed by atoms with Crippen molar-refractivity contribution in [2.45, 2.75) is 39.0 Å². The van der Waals surface area contributed by atoms with Crippen LogP contribution in [0.25, 0.3) is 0 Å². The number of methoxy groups -OCH3 is 1. The van der Waals surface area contributed by atoms with Crippen LogP contribution in [0.3, 0.4) is 0 Å². The lowest BCUT2D eigenvalue weighted by Gasteiger charge is -2.36. The quantitative estimate of drug-likeness (QED) is 0.540. The maximum Gasteiger partial charge on any atom is 0.320 e. The smallest absolute Gasteiger partial charge is 0.320 e. The van der Waals surface area contributed by atoms with Gasteiger partial charge in [0.15, 0.2) is 5.78 Å². The molecule has 0 saturated heterocycles. The molecule has 0 bridgehead atoms. The Kier molecular flexibility index (Phi) is 3.06. The Hall–Kier alpha value is -1.19. The molecular formula is C13H18O4. The maximum absolute atomic E-state index is 12.2. The van der Waals surface area contributed by atoms with E-state index in [1.54, 1.807) is 0 Å². The van der Waals surface area contributed by atoms with E-state index in [0.29, 0.717) is 12.8 Å². The van der Waals surface area contributed by atoms with Crippen LogP contribution in [0.5, 0.6) is 0 Å². The number of ether oxygens (including phenoxy) is 1. The van der Waals surface area contributed by atoms with Crippen LogP contribution < -0.4 is 0 Å². The summed E-state index contributed by atoms with van der Waals surface area (Å²) in [5.41, 5.74) is -1.15. The molecule has 0 N–H and O–H groups in total. The van der Waals surface area contributed by atoms with Crippen LogP contribution in [0.1, 0.15) is 39.0 Å². The van der Waals surface area contributed by atoms with Gasteiger partial charge in [0.2, 0.25) is 0 Å². The van der Waals surface area contributed by atoms with Gasteiger partial charge in [-0.15, -0.1) is 0 Å². The van der Waals surface area contributed by atoms with Gasteiger partial charge in [0, 0.05) is 18.8 Å². The standard InChI is InChI=1S/C13H18O4/c1-3-8-9-5-4-6-11(15)13(9,7-10(8)14)12(16)17-2/h8-9H,3-7H2,1-2H3/t8-,9-,13+/m1/s1. The fourth-order valence-corrected chi connectivity index (χ4v) is 3.60. The fourth-order valence-electron chi connectivity index (χ4n) is 3.60. The highest BCUT2D eigenvalue weighted by Crippen LogP contribution is 2.53. The van der Waals surface area contributed by atoms with E-state index in [1.807, 2.05) is 6.92 Å². The molecule has 17 heavy (non-hydrogen) atoms. The Morgan fingerprint density at radius 1 is 1.47 bits per heavy atom. The Bertz CT molecular complexity index is 364. The summed E-state index contributed by atoms with van der Waals surface area (Å²) in [4.78, 5) is 36.1. The molecule has 3 atom stereocenters. The molecule has 0 heterocycles. The first kappa shape index (κ1) is 12.3. The van der Waals surface area contributed by atoms with Crippen molar-refractivity contribution in [2.75, 3.05) is 7.11 Å². The highest BCUT2D eigenvalue weighted by molar-refractivity contribution is 6.10. The zero-order valence-corrected chi connectivity index (χ0v) is 10.3. The van der Waals surface area contributed by atoms with Crippen LogP contribution in [0.4, 0.5) is 0 Å². The van der Waals surface area contributed by atoms with Gasteiger partial charge in [0.1, 0.15) is 11.2 Å². The third-order valence-electron chi connectivity index (χ3n) is 4.39. The summed E-state index contributed by atoms with van der Waals surface area (Å²) in [5, 5.41) is 0. The number of rotatable bonds is 2. The number of carbonyl (C=O) groups excluding carboxylic acids is 3. The van der Waals surface area contributed by atoms with Gasteiger partial charge in [-0.2, -0.15) is 0 Å². The van der Waals surface area contributed by atoms with Crippen LogP contribution in [0.15, 0.2) is 0 Å². The summed E-state index contributed by atoms with van der Waals surface area (Å²) in [6.07, 6.45) is 2.73. The van der Waals surface area contributed by atoms with Crippen molar-refractivity contribution in [3.63, 3.8) is 0 Å². The van der Waals surface area contributed by atoms with Gasteiger partial charge < -0.3 is 4.74 Å². The average molecular weight is 238 g/mol. The Morgan fingerprint density at radius 3 is 2.76 bits per heavy atom. The summed E-state index contributed by atoms with van der Waals surface area (Å²) in [5.74, 6) is -0.813. The number of hydrogen-bond donors (Lipinski definition) is 0. The number of esters is 1. The molecule has 0 aromatic heterocycles. The van der Waals surface area contributed by atoms with Gasteiger partial charge >= 0.3 is 5.97 Å². The van der Waals surface area contributed by atoms with Gasteiger partial charge in [-0.1, -0.05) is 6.92 Å². The molecule has 0 radical (unpaired) electrons. The summed E-state index contributed by atoms with van der Waals surface area (Å²) in [7, 11) is 1.29. The van der Waals surface area contributed by atoms with Crippen molar-refractivity contribution in [2.24, 2.45) is 17.3 Å². The van der Waals surface area contributed by atoms with E-state index in [2.05, 4.69) is 0 Å². The second-order valence-corrected chi connectivity index (χ2v) is 5.04. The summed E-state index contributed by atoms with van der Waals surface area (Å²) in [6, 6.07) is 0. The predicted octanol–water partition coefficient (Wildman–Crippen LogP) is 1.51. The molecule has 0 aromatic rings. The number of carbonyl (C=O) groups is 3. The number of hydrogen-bond acceptors (Lipinski definition) is 4. The molecule has 94 valence electrons. The molecule has 2 aliphatic rings. The third kappa shape index (κ3) is 1.53. The lowest BCUT2D eigenvalue weighted by atomic mass is 9.65. The van der Waals surface area contributed by atoms with E-state index in [-0.39, 0.29) is 29.8 Å². The normalized spacial score (nSPS) is 36.8. The summed E-state index contributed by atoms with van der Waals surface area (Å²) >= 11 is 0. The van der Waals surface area contributed by atoms with Gasteiger partial charge in [0.05, 0.1) is 7.11 Å². The first-order chi connectivity index (χ1) is 8.07. The van der Waals surface area contributed by atoms with E-state index >= 15 is 0 Å². The first-order valence-electron chi connectivity index (χ1n) is 6.22. The molecule has 0 amide bonds. The molecule has 2 rings (SSSR count). The van der Waals surface area contributed by atoms with Crippen molar-refractivity contribution >= 4 is 17.5 Å². The largest absolute Gasteiger partial charge is 0.468 e. The van der Waals surface area contributed by atoms with E-state index in [0.717, 1.165) is 12.8 Å². The minimum absolute atomic E-state index is 0.0538. The van der Waals surface area contributed by atoms with Crippen molar-refractivity contribution in [3.05, 3.63) is 0 Å². The zero-order chi connectivity index (χ0) is 12.6. The SMILES string of the molecule is CC[C@H]1C(=O)C[C@@]2(C(=O)OC)C(=O)CCC[C@H]12. The molecule has 2 aliphatic carbocycles. The third-order valence-corrected chi connectivity index (χ3v) is 4.39. The molecule has 4 heteroatoms. The van der Waals surface area contributed by atoms with Crippen molar-refractivity contribution < 1.29 is 19.1 Å². The fraction of sp³-hybridized carbons (Fsp3) is 0.769. The van der Waals surface area contributed by atoms with E-state index in [4.69, 9.17) is 4.74 Å². The van der Waals surface area contributed by atoms with Gasteiger partial charge in [-0.25, -0.2) is 0 Å². The molecule has 2 fully saturated rings. The second kappa shape index (κ2) is 4.24. The second-order valence-electron chi connectivity index (χ2n) is 5.04. The summed E-state index contributed by atoms with van der Waals surface area (Å²) < 4.78 is 4.79. The van der Waals surface area contributed by atoms with Crippen LogP contribution in [-0.4, -0.2) is 24.6 Å². The topological polar surface area (TPSA) is 60.4 Å². The Balaban J connectivity index is 2.45. The Labute approximate surface area is 101 Å². The van der Waals surface area contributed by atoms with Crippen molar-refractivity contribution in [1.29, 1.82) is 0 Å². The Morgan fingerprint density at radius 2 is 2.18 bits per heavy atom. The van der Waals surface area contributed by atoms with E-state index < -0.39 is 11.4 Å². The molecular weight excluding hydrogens is 220 g/mol. The van der Waals surface area contributed by atoms with Crippen LogP contribution in [-0.2, 0) is 19.1 Å². The highest BCUT2D eigenvalue weighted by atomic mass is 16.5. The molecule has 0 aliphatic heterocycles. The molecule has 4 nitrogen and oxygen atoms in total. The molecule has 0 spiro atoms. The van der Waals surface area contributed by atoms with Crippen LogP contribution in [0, 0.1) is 17.3 Å². The van der Waals surface area contributed by atoms with Gasteiger partial charge in [-0.3, -0.25) is 14.4 Å². The number of ketones is 2. The monoisotopic (exact) mass is 238 g/mol. The van der Waals surface area contributed by atoms with E-state index in [9.17, 15) is 14.4 Å². The minimum atomic E-state index is -1.15. The predicted molar refractivity (Wildman–Crippen MR) is 60.2 cm³/mol. The maximum atomic E-state index is 12.2. The van der Waals surface area contributed by atoms with Gasteiger partial charge in [-0.05, 0) is 25.2 Å². The van der Waals surface area contributed by atoms with Crippen LogP contribution in [0.2, 0.25) is 0 Å². The number of Topliss-reactive ketones (excluding diaryl/α,β-unsaturated/α-hetero) is 2.